The first-order valence-electron chi connectivity index (χ1n) is 3.27. The molecule has 1 aromatic carbocycles. The zero-order chi connectivity index (χ0) is 10.1. The van der Waals surface area contributed by atoms with Crippen LogP contribution in [0.15, 0.2) is 30.3 Å². The molecule has 0 amide bonds. The minimum absolute atomic E-state index is 0.338. The monoisotopic (exact) mass is 278 g/mol. The molecule has 0 spiro atoms. The van der Waals surface area contributed by atoms with Gasteiger partial charge in [-0.1, -0.05) is 0 Å². The van der Waals surface area contributed by atoms with Crippen LogP contribution < -0.4 is 4.72 Å². The third-order valence-electron chi connectivity index (χ3n) is 1.33. The summed E-state index contributed by atoms with van der Waals surface area (Å²) in [5, 5.41) is 0. The molecule has 73 valence electrons. The van der Waals surface area contributed by atoms with Crippen molar-refractivity contribution >= 4 is 34.8 Å². The summed E-state index contributed by atoms with van der Waals surface area (Å²) in [4.78, 5) is 11.5. The molecular weight excluding hydrogens is 272 g/mol. The molecule has 13 heavy (non-hydrogen) atoms. The third-order valence-corrected chi connectivity index (χ3v) is 4.42. The van der Waals surface area contributed by atoms with Crippen LogP contribution in [0.3, 0.4) is 0 Å². The van der Waals surface area contributed by atoms with Crippen molar-refractivity contribution in [3.05, 3.63) is 35.9 Å². The third kappa shape index (κ3) is 3.14. The van der Waals surface area contributed by atoms with Crippen LogP contribution in [0.5, 0.6) is 0 Å². The Balaban J connectivity index is 3.08. The average Bonchev–Trinajstić information content (AvgIpc) is 2.02. The van der Waals surface area contributed by atoms with E-state index in [1.54, 1.807) is 30.3 Å². The van der Waals surface area contributed by atoms with Crippen LogP contribution >= 0.6 is 30.1 Å². The number of nitrogens with two attached hydrogens (primary N) is 1. The van der Waals surface area contributed by atoms with Crippen molar-refractivity contribution in [2.45, 2.75) is 0 Å². The topological polar surface area (TPSA) is 43.1 Å². The molecule has 0 atom stereocenters. The van der Waals surface area contributed by atoms with Gasteiger partial charge in [0.2, 0.25) is 0 Å². The van der Waals surface area contributed by atoms with Gasteiger partial charge in [-0.3, -0.25) is 0 Å². The summed E-state index contributed by atoms with van der Waals surface area (Å²) in [5.74, 6) is 0. The van der Waals surface area contributed by atoms with E-state index in [9.17, 15) is 4.79 Å². The number of carbonyl (C=O) groups is 1. The molecule has 2 N–H and O–H groups in total. The Bertz CT molecular complexity index is 323. The number of rotatable bonds is 2. The number of carbonyl (C=O) groups excluding carboxylic acids is 1. The fraction of sp³-hybridized carbons (Fsp3) is 0. The van der Waals surface area contributed by atoms with Gasteiger partial charge in [-0.25, -0.2) is 0 Å². The molecule has 0 saturated carbocycles. The summed E-state index contributed by atoms with van der Waals surface area (Å²) in [5.41, 5.74) is 0.338. The zero-order valence-corrected chi connectivity index (χ0v) is 9.96. The summed E-state index contributed by atoms with van der Waals surface area (Å²) in [6.45, 7) is 0. The first-order chi connectivity index (χ1) is 5.77. The number of halogens is 3. The second kappa shape index (κ2) is 3.43. The van der Waals surface area contributed by atoms with E-state index in [1.165, 1.54) is 0 Å². The van der Waals surface area contributed by atoms with Crippen LogP contribution in [0.4, 0.5) is 0 Å². The molecule has 0 aromatic heterocycles. The molecular formula is C7H7Cl3CrNO. The minimum atomic E-state index is -4.58. The van der Waals surface area contributed by atoms with Gasteiger partial charge < -0.3 is 0 Å². The quantitative estimate of drug-likeness (QED) is 0.904. The Morgan fingerprint density at radius 3 is 2.00 bits per heavy atom. The molecule has 0 bridgehead atoms. The van der Waals surface area contributed by atoms with E-state index >= 15 is 0 Å². The predicted molar refractivity (Wildman–Crippen MR) is 52.5 cm³/mol. The summed E-state index contributed by atoms with van der Waals surface area (Å²) in [7, 11) is 12.2. The van der Waals surface area contributed by atoms with Crippen LogP contribution in [0, 0.1) is 0 Å². The van der Waals surface area contributed by atoms with Gasteiger partial charge in [0.05, 0.1) is 0 Å². The Morgan fingerprint density at radius 2 is 1.62 bits per heavy atom. The molecule has 0 unspecified atom stereocenters. The van der Waals surface area contributed by atoms with Crippen LogP contribution in [0.1, 0.15) is 10.4 Å². The second-order valence-electron chi connectivity index (χ2n) is 2.45. The molecule has 6 heteroatoms. The van der Waals surface area contributed by atoms with Crippen molar-refractivity contribution in [1.29, 1.82) is 0 Å². The standard InChI is InChI=1S/C7H5O.3ClH.Cr.H2N/c8-6-7-4-2-1-3-5-7;;;;;/h1-5H;3*1H;;1H2/q;;;;+4;-1/p-3. The van der Waals surface area contributed by atoms with Crippen molar-refractivity contribution in [2.24, 2.45) is 4.72 Å². The van der Waals surface area contributed by atoms with Gasteiger partial charge in [-0.05, 0) is 0 Å². The summed E-state index contributed by atoms with van der Waals surface area (Å²) >= 11 is 0. The average molecular weight is 279 g/mol. The fourth-order valence-corrected chi connectivity index (χ4v) is 2.72. The Morgan fingerprint density at radius 1 is 1.15 bits per heavy atom. The van der Waals surface area contributed by atoms with E-state index < -0.39 is 14.1 Å². The molecule has 0 saturated heterocycles. The van der Waals surface area contributed by atoms with Gasteiger partial charge in [0.1, 0.15) is 0 Å². The van der Waals surface area contributed by atoms with E-state index in [0.29, 0.717) is 5.56 Å². The number of hydrogen-bond acceptors (Lipinski definition) is 2. The van der Waals surface area contributed by atoms with Crippen LogP contribution in [0.2, 0.25) is 0 Å². The van der Waals surface area contributed by atoms with E-state index in [4.69, 9.17) is 34.9 Å². The molecule has 0 fully saturated rings. The van der Waals surface area contributed by atoms with Crippen molar-refractivity contribution in [3.8, 4) is 0 Å². The Hall–Kier alpha value is 0.252. The number of benzene rings is 1. The molecule has 0 aliphatic rings. The Kier molecular flexibility index (Phi) is 2.99. The van der Waals surface area contributed by atoms with Crippen molar-refractivity contribution in [2.75, 3.05) is 0 Å². The van der Waals surface area contributed by atoms with Crippen molar-refractivity contribution < 1.29 is 14.3 Å². The maximum absolute atomic E-state index is 11.5. The Labute approximate surface area is 89.4 Å². The van der Waals surface area contributed by atoms with Gasteiger partial charge in [-0.15, -0.1) is 0 Å². The van der Waals surface area contributed by atoms with Gasteiger partial charge in [0, 0.05) is 0 Å². The molecule has 0 aliphatic carbocycles. The molecule has 2 nitrogen and oxygen atoms in total. The van der Waals surface area contributed by atoms with Gasteiger partial charge in [0.25, 0.3) is 0 Å². The summed E-state index contributed by atoms with van der Waals surface area (Å²) < 4.78 is 4.79. The molecule has 1 aromatic rings. The normalized spacial score (nSPS) is 14.6. The van der Waals surface area contributed by atoms with Crippen LogP contribution in [-0.4, -0.2) is 4.65 Å². The predicted octanol–water partition coefficient (Wildman–Crippen LogP) is 2.85. The van der Waals surface area contributed by atoms with Crippen molar-refractivity contribution in [1.82, 2.24) is 0 Å². The number of hydrogen-bond donors (Lipinski definition) is 1. The van der Waals surface area contributed by atoms with Crippen LogP contribution in [0.25, 0.3) is 0 Å². The fourth-order valence-electron chi connectivity index (χ4n) is 0.776. The van der Waals surface area contributed by atoms with E-state index in [1.807, 2.05) is 0 Å². The first kappa shape index (κ1) is 11.3. The van der Waals surface area contributed by atoms with Gasteiger partial charge in [0.15, 0.2) is 0 Å². The molecule has 0 heterocycles. The summed E-state index contributed by atoms with van der Waals surface area (Å²) in [6, 6.07) is 8.28. The van der Waals surface area contributed by atoms with Crippen LogP contribution in [-0.2, 0) is 9.46 Å². The van der Waals surface area contributed by atoms with Crippen molar-refractivity contribution in [3.63, 3.8) is 0 Å². The molecule has 0 aliphatic heterocycles. The maximum atomic E-state index is 11.5. The zero-order valence-electron chi connectivity index (χ0n) is 6.41. The first-order valence-corrected chi connectivity index (χ1v) is 9.90. The SMILES string of the molecule is [NH2][Cr]([Cl])([Cl])([Cl])[C](=O)c1ccccc1. The van der Waals surface area contributed by atoms with E-state index in [0.717, 1.165) is 0 Å². The van der Waals surface area contributed by atoms with Gasteiger partial charge >= 0.3 is 89.7 Å². The molecule has 0 radical (unpaired) electrons. The van der Waals surface area contributed by atoms with E-state index in [-0.39, 0.29) is 0 Å². The van der Waals surface area contributed by atoms with Gasteiger partial charge in [-0.2, -0.15) is 0 Å². The van der Waals surface area contributed by atoms with E-state index in [2.05, 4.69) is 0 Å². The second-order valence-corrected chi connectivity index (χ2v) is 15.4. The molecule has 1 rings (SSSR count). The summed E-state index contributed by atoms with van der Waals surface area (Å²) in [6.07, 6.45) is 0.